The lowest BCUT2D eigenvalue weighted by atomic mass is 10.1. The number of nitrogens with zero attached hydrogens (tertiary/aromatic N) is 2. The Morgan fingerprint density at radius 1 is 0.788 bits per heavy atom. The Hall–Kier alpha value is -4.26. The molecule has 0 fully saturated rings. The van der Waals surface area contributed by atoms with Crippen LogP contribution in [0.1, 0.15) is 5.56 Å². The number of aromatic nitrogens is 2. The Bertz CT molecular complexity index is 1170. The van der Waals surface area contributed by atoms with Crippen LogP contribution < -0.4 is 24.3 Å². The highest BCUT2D eigenvalue weighted by Crippen LogP contribution is 2.40. The Balaban J connectivity index is 1.48. The van der Waals surface area contributed by atoms with E-state index in [1.807, 2.05) is 72.8 Å². The smallest absolute Gasteiger partial charge is 0.227 e. The fourth-order valence-corrected chi connectivity index (χ4v) is 3.31. The molecule has 4 aromatic rings. The van der Waals surface area contributed by atoms with Crippen LogP contribution in [0.4, 0.5) is 11.6 Å². The molecular formula is C26H25N3O4. The summed E-state index contributed by atoms with van der Waals surface area (Å²) in [5.74, 6) is 2.92. The summed E-state index contributed by atoms with van der Waals surface area (Å²) in [5.41, 5.74) is 3.51. The minimum Gasteiger partial charge on any atom is -0.493 e. The van der Waals surface area contributed by atoms with E-state index in [0.717, 1.165) is 28.3 Å². The van der Waals surface area contributed by atoms with Crippen LogP contribution in [-0.2, 0) is 6.61 Å². The van der Waals surface area contributed by atoms with Gasteiger partial charge in [-0.3, -0.25) is 0 Å². The van der Waals surface area contributed by atoms with Gasteiger partial charge in [0.2, 0.25) is 11.7 Å². The van der Waals surface area contributed by atoms with E-state index in [4.69, 9.17) is 18.9 Å². The lowest BCUT2D eigenvalue weighted by molar-refractivity contribution is 0.306. The average molecular weight is 444 g/mol. The summed E-state index contributed by atoms with van der Waals surface area (Å²) < 4.78 is 22.1. The molecule has 0 aliphatic carbocycles. The van der Waals surface area contributed by atoms with Crippen molar-refractivity contribution in [1.82, 2.24) is 9.97 Å². The standard InChI is InChI=1S/C26H25N3O4/c1-30-23-15-19(16-24(31-2)25(23)32-3)22-13-14-27-26(29-22)28-20-9-11-21(12-10-20)33-17-18-7-5-4-6-8-18/h4-16H,17H2,1-3H3,(H,27,28,29). The Labute approximate surface area is 193 Å². The minimum absolute atomic E-state index is 0.471. The van der Waals surface area contributed by atoms with Gasteiger partial charge >= 0.3 is 0 Å². The second-order valence-electron chi connectivity index (χ2n) is 7.10. The Morgan fingerprint density at radius 3 is 2.12 bits per heavy atom. The number of nitrogens with one attached hydrogen (secondary N) is 1. The highest BCUT2D eigenvalue weighted by Gasteiger charge is 2.15. The van der Waals surface area contributed by atoms with E-state index in [1.165, 1.54) is 0 Å². The summed E-state index contributed by atoms with van der Waals surface area (Å²) in [4.78, 5) is 8.97. The van der Waals surface area contributed by atoms with Gasteiger partial charge in [0.05, 0.1) is 27.0 Å². The molecule has 1 aromatic heterocycles. The first kappa shape index (κ1) is 22.0. The maximum Gasteiger partial charge on any atom is 0.227 e. The van der Waals surface area contributed by atoms with Crippen LogP contribution in [-0.4, -0.2) is 31.3 Å². The molecule has 0 saturated heterocycles. The first-order valence-electron chi connectivity index (χ1n) is 10.4. The molecule has 0 bridgehead atoms. The maximum absolute atomic E-state index is 5.84. The molecule has 0 saturated carbocycles. The lowest BCUT2D eigenvalue weighted by Crippen LogP contribution is -2.00. The van der Waals surface area contributed by atoms with Crippen molar-refractivity contribution < 1.29 is 18.9 Å². The largest absolute Gasteiger partial charge is 0.493 e. The van der Waals surface area contributed by atoms with Crippen molar-refractivity contribution in [3.8, 4) is 34.3 Å². The monoisotopic (exact) mass is 443 g/mol. The number of ether oxygens (including phenoxy) is 4. The van der Waals surface area contributed by atoms with Gasteiger partial charge in [0.1, 0.15) is 12.4 Å². The molecule has 1 N–H and O–H groups in total. The number of methoxy groups -OCH3 is 3. The molecule has 0 radical (unpaired) electrons. The molecule has 33 heavy (non-hydrogen) atoms. The summed E-state index contributed by atoms with van der Waals surface area (Å²) in [5, 5.41) is 3.23. The lowest BCUT2D eigenvalue weighted by Gasteiger charge is -2.14. The van der Waals surface area contributed by atoms with Gasteiger partial charge in [0.25, 0.3) is 0 Å². The quantitative estimate of drug-likeness (QED) is 0.366. The van der Waals surface area contributed by atoms with E-state index in [9.17, 15) is 0 Å². The van der Waals surface area contributed by atoms with Crippen LogP contribution in [0.25, 0.3) is 11.3 Å². The zero-order valence-corrected chi connectivity index (χ0v) is 18.7. The molecule has 7 heteroatoms. The Kier molecular flexibility index (Phi) is 6.90. The minimum atomic E-state index is 0.471. The molecular weight excluding hydrogens is 418 g/mol. The van der Waals surface area contributed by atoms with Crippen LogP contribution in [0.2, 0.25) is 0 Å². The molecule has 0 aliphatic rings. The van der Waals surface area contributed by atoms with Crippen molar-refractivity contribution in [2.45, 2.75) is 6.61 Å². The predicted molar refractivity (Wildman–Crippen MR) is 128 cm³/mol. The van der Waals surface area contributed by atoms with E-state index < -0.39 is 0 Å². The third-order valence-corrected chi connectivity index (χ3v) is 4.97. The molecule has 1 heterocycles. The van der Waals surface area contributed by atoms with Crippen LogP contribution in [0.3, 0.4) is 0 Å². The molecule has 168 valence electrons. The summed E-state index contributed by atoms with van der Waals surface area (Å²) in [7, 11) is 4.74. The average Bonchev–Trinajstić information content (AvgIpc) is 2.88. The third kappa shape index (κ3) is 5.33. The predicted octanol–water partition coefficient (Wildman–Crippen LogP) is 5.49. The van der Waals surface area contributed by atoms with Crippen molar-refractivity contribution in [3.05, 3.63) is 84.6 Å². The molecule has 7 nitrogen and oxygen atoms in total. The van der Waals surface area contributed by atoms with Crippen molar-refractivity contribution in [1.29, 1.82) is 0 Å². The van der Waals surface area contributed by atoms with Crippen LogP contribution in [0.15, 0.2) is 79.0 Å². The molecule has 0 spiro atoms. The molecule has 3 aromatic carbocycles. The Morgan fingerprint density at radius 2 is 1.48 bits per heavy atom. The second-order valence-corrected chi connectivity index (χ2v) is 7.10. The van der Waals surface area contributed by atoms with Gasteiger partial charge in [-0.25, -0.2) is 9.97 Å². The van der Waals surface area contributed by atoms with Crippen LogP contribution in [0, 0.1) is 0 Å². The van der Waals surface area contributed by atoms with Crippen LogP contribution in [0.5, 0.6) is 23.0 Å². The highest BCUT2D eigenvalue weighted by molar-refractivity contribution is 5.69. The fourth-order valence-electron chi connectivity index (χ4n) is 3.31. The van der Waals surface area contributed by atoms with E-state index in [0.29, 0.717) is 29.8 Å². The van der Waals surface area contributed by atoms with Gasteiger partial charge in [-0.15, -0.1) is 0 Å². The zero-order chi connectivity index (χ0) is 23.0. The number of benzene rings is 3. The SMILES string of the molecule is COc1cc(-c2ccnc(Nc3ccc(OCc4ccccc4)cc3)n2)cc(OC)c1OC. The molecule has 0 unspecified atom stereocenters. The van der Waals surface area contributed by atoms with Gasteiger partial charge < -0.3 is 24.3 Å². The summed E-state index contributed by atoms with van der Waals surface area (Å²) in [6.45, 7) is 0.521. The topological polar surface area (TPSA) is 74.7 Å². The molecule has 0 atom stereocenters. The second kappa shape index (κ2) is 10.4. The number of rotatable bonds is 9. The van der Waals surface area contributed by atoms with Crippen LogP contribution >= 0.6 is 0 Å². The van der Waals surface area contributed by atoms with Gasteiger partial charge in [-0.05, 0) is 48.0 Å². The maximum atomic E-state index is 5.84. The molecule has 4 rings (SSSR count). The number of hydrogen-bond acceptors (Lipinski definition) is 7. The molecule has 0 aliphatic heterocycles. The number of anilines is 2. The van der Waals surface area contributed by atoms with E-state index >= 15 is 0 Å². The first-order chi connectivity index (χ1) is 16.2. The van der Waals surface area contributed by atoms with E-state index in [2.05, 4.69) is 15.3 Å². The van der Waals surface area contributed by atoms with Gasteiger partial charge in [-0.1, -0.05) is 30.3 Å². The number of hydrogen-bond donors (Lipinski definition) is 1. The van der Waals surface area contributed by atoms with E-state index in [1.54, 1.807) is 27.5 Å². The van der Waals surface area contributed by atoms with Gasteiger partial charge in [0, 0.05) is 17.4 Å². The summed E-state index contributed by atoms with van der Waals surface area (Å²) in [6, 6.07) is 23.3. The van der Waals surface area contributed by atoms with Gasteiger partial charge in [-0.2, -0.15) is 0 Å². The van der Waals surface area contributed by atoms with Crippen molar-refractivity contribution >= 4 is 11.6 Å². The highest BCUT2D eigenvalue weighted by atomic mass is 16.5. The summed E-state index contributed by atoms with van der Waals surface area (Å²) in [6.07, 6.45) is 1.70. The first-order valence-corrected chi connectivity index (χ1v) is 10.4. The van der Waals surface area contributed by atoms with E-state index in [-0.39, 0.29) is 0 Å². The fraction of sp³-hybridized carbons (Fsp3) is 0.154. The normalized spacial score (nSPS) is 10.4. The van der Waals surface area contributed by atoms with Crippen molar-refractivity contribution in [2.24, 2.45) is 0 Å². The zero-order valence-electron chi connectivity index (χ0n) is 18.7. The third-order valence-electron chi connectivity index (χ3n) is 4.97. The molecule has 0 amide bonds. The summed E-state index contributed by atoms with van der Waals surface area (Å²) >= 11 is 0. The van der Waals surface area contributed by atoms with Crippen molar-refractivity contribution in [3.63, 3.8) is 0 Å². The van der Waals surface area contributed by atoms with Crippen molar-refractivity contribution in [2.75, 3.05) is 26.6 Å². The van der Waals surface area contributed by atoms with Gasteiger partial charge in [0.15, 0.2) is 11.5 Å².